The van der Waals surface area contributed by atoms with E-state index >= 15 is 0 Å². The summed E-state index contributed by atoms with van der Waals surface area (Å²) in [6.45, 7) is 3.64. The molecule has 0 saturated heterocycles. The number of nitrogens with one attached hydrogen (secondary N) is 2. The fraction of sp³-hybridized carbons (Fsp3) is 0.188. The van der Waals surface area contributed by atoms with Crippen molar-refractivity contribution in [2.24, 2.45) is 0 Å². The van der Waals surface area contributed by atoms with Gasteiger partial charge in [-0.25, -0.2) is 4.98 Å². The summed E-state index contributed by atoms with van der Waals surface area (Å²) >= 11 is 0. The molecular formula is C16H17N3O2. The summed E-state index contributed by atoms with van der Waals surface area (Å²) in [5.41, 5.74) is 1.74. The Morgan fingerprint density at radius 3 is 2.43 bits per heavy atom. The number of benzene rings is 1. The van der Waals surface area contributed by atoms with Crippen LogP contribution in [0.4, 0.5) is 5.82 Å². The molecule has 0 aliphatic rings. The Hall–Kier alpha value is -2.69. The number of hydrogen-bond donors (Lipinski definition) is 2. The molecule has 2 aromatic rings. The summed E-state index contributed by atoms with van der Waals surface area (Å²) in [6.07, 6.45) is 1.56. The number of hydrogen-bond acceptors (Lipinski definition) is 3. The van der Waals surface area contributed by atoms with E-state index in [9.17, 15) is 9.59 Å². The van der Waals surface area contributed by atoms with Gasteiger partial charge >= 0.3 is 11.8 Å². The number of aryl methyl sites for hydroxylation is 1. The van der Waals surface area contributed by atoms with Crippen LogP contribution in [0.3, 0.4) is 0 Å². The highest BCUT2D eigenvalue weighted by molar-refractivity contribution is 6.39. The van der Waals surface area contributed by atoms with Gasteiger partial charge in [0.15, 0.2) is 0 Å². The Kier molecular flexibility index (Phi) is 4.66. The average Bonchev–Trinajstić information content (AvgIpc) is 2.50. The average molecular weight is 283 g/mol. The van der Waals surface area contributed by atoms with Crippen LogP contribution in [0, 0.1) is 6.92 Å². The number of anilines is 1. The lowest BCUT2D eigenvalue weighted by atomic mass is 10.1. The van der Waals surface area contributed by atoms with Crippen molar-refractivity contribution in [3.63, 3.8) is 0 Å². The molecule has 2 N–H and O–H groups in total. The van der Waals surface area contributed by atoms with Gasteiger partial charge in [-0.05, 0) is 31.0 Å². The zero-order valence-corrected chi connectivity index (χ0v) is 12.0. The molecule has 5 nitrogen and oxygen atoms in total. The minimum atomic E-state index is -0.723. The summed E-state index contributed by atoms with van der Waals surface area (Å²) < 4.78 is 0. The normalized spacial score (nSPS) is 11.5. The van der Waals surface area contributed by atoms with E-state index in [1.807, 2.05) is 50.2 Å². The maximum atomic E-state index is 11.9. The first-order valence-electron chi connectivity index (χ1n) is 6.66. The van der Waals surface area contributed by atoms with E-state index in [1.165, 1.54) is 0 Å². The number of amides is 2. The monoisotopic (exact) mass is 283 g/mol. The van der Waals surface area contributed by atoms with E-state index < -0.39 is 11.8 Å². The van der Waals surface area contributed by atoms with E-state index in [2.05, 4.69) is 15.6 Å². The van der Waals surface area contributed by atoms with Gasteiger partial charge in [0.2, 0.25) is 0 Å². The zero-order chi connectivity index (χ0) is 15.2. The van der Waals surface area contributed by atoms with E-state index in [1.54, 1.807) is 12.3 Å². The summed E-state index contributed by atoms with van der Waals surface area (Å²) in [4.78, 5) is 27.8. The van der Waals surface area contributed by atoms with Gasteiger partial charge in [0, 0.05) is 6.20 Å². The van der Waals surface area contributed by atoms with Crippen LogP contribution in [0.2, 0.25) is 0 Å². The summed E-state index contributed by atoms with van der Waals surface area (Å²) in [7, 11) is 0. The molecule has 2 rings (SSSR count). The minimum absolute atomic E-state index is 0.241. The number of carbonyl (C=O) groups is 2. The van der Waals surface area contributed by atoms with Gasteiger partial charge < -0.3 is 10.6 Å². The maximum absolute atomic E-state index is 11.9. The van der Waals surface area contributed by atoms with Crippen LogP contribution < -0.4 is 10.6 Å². The number of rotatable bonds is 3. The highest BCUT2D eigenvalue weighted by Crippen LogP contribution is 2.12. The van der Waals surface area contributed by atoms with Crippen LogP contribution in [-0.2, 0) is 9.59 Å². The third-order valence-corrected chi connectivity index (χ3v) is 3.09. The number of pyridine rings is 1. The predicted octanol–water partition coefficient (Wildman–Crippen LogP) is 2.21. The fourth-order valence-electron chi connectivity index (χ4n) is 1.87. The number of nitrogens with zero attached hydrogens (tertiary/aromatic N) is 1. The molecular weight excluding hydrogens is 266 g/mol. The van der Waals surface area contributed by atoms with Crippen molar-refractivity contribution in [3.05, 3.63) is 59.8 Å². The molecule has 1 unspecified atom stereocenters. The minimum Gasteiger partial charge on any atom is -0.341 e. The molecule has 0 aliphatic carbocycles. The van der Waals surface area contributed by atoms with Gasteiger partial charge in [-0.1, -0.05) is 36.4 Å². The second-order valence-electron chi connectivity index (χ2n) is 4.73. The van der Waals surface area contributed by atoms with E-state index in [0.717, 1.165) is 11.1 Å². The highest BCUT2D eigenvalue weighted by Gasteiger charge is 2.18. The Labute approximate surface area is 123 Å². The van der Waals surface area contributed by atoms with Crippen LogP contribution in [0.25, 0.3) is 0 Å². The Bertz CT molecular complexity index is 641. The van der Waals surface area contributed by atoms with Crippen molar-refractivity contribution >= 4 is 17.6 Å². The van der Waals surface area contributed by atoms with Crippen LogP contribution in [-0.4, -0.2) is 16.8 Å². The Balaban J connectivity index is 1.97. The van der Waals surface area contributed by atoms with Crippen molar-refractivity contribution in [2.45, 2.75) is 19.9 Å². The molecule has 0 fully saturated rings. The highest BCUT2D eigenvalue weighted by atomic mass is 16.2. The third-order valence-electron chi connectivity index (χ3n) is 3.09. The lowest BCUT2D eigenvalue weighted by Gasteiger charge is -2.14. The Morgan fingerprint density at radius 1 is 1.05 bits per heavy atom. The van der Waals surface area contributed by atoms with Crippen molar-refractivity contribution < 1.29 is 9.59 Å². The SMILES string of the molecule is Cc1cccnc1NC(=O)C(=O)NC(C)c1ccccc1. The first kappa shape index (κ1) is 14.7. The van der Waals surface area contributed by atoms with Gasteiger partial charge in [-0.15, -0.1) is 0 Å². The molecule has 21 heavy (non-hydrogen) atoms. The molecule has 0 aliphatic heterocycles. The van der Waals surface area contributed by atoms with Gasteiger partial charge in [-0.2, -0.15) is 0 Å². The first-order chi connectivity index (χ1) is 10.1. The number of aromatic nitrogens is 1. The zero-order valence-electron chi connectivity index (χ0n) is 12.0. The van der Waals surface area contributed by atoms with Crippen LogP contribution in [0.15, 0.2) is 48.7 Å². The second-order valence-corrected chi connectivity index (χ2v) is 4.73. The van der Waals surface area contributed by atoms with Gasteiger partial charge in [0.25, 0.3) is 0 Å². The molecule has 0 saturated carbocycles. The Morgan fingerprint density at radius 2 is 1.76 bits per heavy atom. The van der Waals surface area contributed by atoms with Crippen LogP contribution in [0.5, 0.6) is 0 Å². The lowest BCUT2D eigenvalue weighted by Crippen LogP contribution is -2.37. The molecule has 108 valence electrons. The molecule has 1 atom stereocenters. The molecule has 0 bridgehead atoms. The predicted molar refractivity (Wildman–Crippen MR) is 80.6 cm³/mol. The van der Waals surface area contributed by atoms with Crippen LogP contribution in [0.1, 0.15) is 24.1 Å². The van der Waals surface area contributed by atoms with Gasteiger partial charge in [0.1, 0.15) is 5.82 Å². The maximum Gasteiger partial charge on any atom is 0.314 e. The second kappa shape index (κ2) is 6.65. The number of carbonyl (C=O) groups excluding carboxylic acids is 2. The molecule has 1 aromatic heterocycles. The molecule has 1 heterocycles. The topological polar surface area (TPSA) is 71.1 Å². The quantitative estimate of drug-likeness (QED) is 0.848. The van der Waals surface area contributed by atoms with E-state index in [-0.39, 0.29) is 6.04 Å². The summed E-state index contributed by atoms with van der Waals surface area (Å²) in [5.74, 6) is -1.01. The largest absolute Gasteiger partial charge is 0.341 e. The van der Waals surface area contributed by atoms with Crippen LogP contribution >= 0.6 is 0 Å². The lowest BCUT2D eigenvalue weighted by molar-refractivity contribution is -0.136. The van der Waals surface area contributed by atoms with Crippen molar-refractivity contribution in [2.75, 3.05) is 5.32 Å². The van der Waals surface area contributed by atoms with E-state index in [0.29, 0.717) is 5.82 Å². The summed E-state index contributed by atoms with van der Waals surface area (Å²) in [6, 6.07) is 12.8. The molecule has 5 heteroatoms. The molecule has 0 radical (unpaired) electrons. The molecule has 2 amide bonds. The van der Waals surface area contributed by atoms with Crippen molar-refractivity contribution in [1.29, 1.82) is 0 Å². The van der Waals surface area contributed by atoms with Gasteiger partial charge in [-0.3, -0.25) is 9.59 Å². The van der Waals surface area contributed by atoms with Crippen molar-refractivity contribution in [3.8, 4) is 0 Å². The molecule has 0 spiro atoms. The standard InChI is InChI=1S/C16H17N3O2/c1-11-7-6-10-17-14(11)19-16(21)15(20)18-12(2)13-8-4-3-5-9-13/h3-10,12H,1-2H3,(H,18,20)(H,17,19,21). The van der Waals surface area contributed by atoms with Crippen molar-refractivity contribution in [1.82, 2.24) is 10.3 Å². The molecule has 1 aromatic carbocycles. The third kappa shape index (κ3) is 3.89. The smallest absolute Gasteiger partial charge is 0.314 e. The van der Waals surface area contributed by atoms with Gasteiger partial charge in [0.05, 0.1) is 6.04 Å². The first-order valence-corrected chi connectivity index (χ1v) is 6.66. The van der Waals surface area contributed by atoms with E-state index in [4.69, 9.17) is 0 Å². The summed E-state index contributed by atoms with van der Waals surface area (Å²) in [5, 5.41) is 5.16. The fourth-order valence-corrected chi connectivity index (χ4v) is 1.87.